The van der Waals surface area contributed by atoms with Gasteiger partial charge < -0.3 is 15.0 Å². The first-order valence-corrected chi connectivity index (χ1v) is 11.6. The Morgan fingerprint density at radius 3 is 2.22 bits per heavy atom. The Morgan fingerprint density at radius 1 is 1.16 bits per heavy atom. The van der Waals surface area contributed by atoms with Gasteiger partial charge in [-0.3, -0.25) is 10.1 Å². The molecule has 1 N–H and O–H groups in total. The molecule has 1 aliphatic rings. The number of hydrogen-bond donors (Lipinski definition) is 1. The summed E-state index contributed by atoms with van der Waals surface area (Å²) >= 11 is 0. The van der Waals surface area contributed by atoms with E-state index in [2.05, 4.69) is 15.3 Å². The average molecular weight is 464 g/mol. The Bertz CT molecular complexity index is 1070. The normalized spacial score (nSPS) is 15.3. The minimum absolute atomic E-state index is 0.153. The molecule has 0 saturated carbocycles. The summed E-state index contributed by atoms with van der Waals surface area (Å²) in [7, 11) is -3.56. The van der Waals surface area contributed by atoms with Crippen LogP contribution in [0.3, 0.4) is 0 Å². The summed E-state index contributed by atoms with van der Waals surface area (Å²) in [5.41, 5.74) is -0.290. The first-order valence-electron chi connectivity index (χ1n) is 10.0. The smallest absolute Gasteiger partial charge is 0.410 e. The number of nitro groups is 1. The van der Waals surface area contributed by atoms with Gasteiger partial charge in [-0.15, -0.1) is 0 Å². The molecule has 32 heavy (non-hydrogen) atoms. The van der Waals surface area contributed by atoms with Crippen LogP contribution in [0.25, 0.3) is 0 Å². The van der Waals surface area contributed by atoms with E-state index in [0.29, 0.717) is 31.6 Å². The van der Waals surface area contributed by atoms with E-state index < -0.39 is 31.7 Å². The number of amides is 1. The van der Waals surface area contributed by atoms with E-state index in [1.165, 1.54) is 17.0 Å². The molecule has 12 heteroatoms. The van der Waals surface area contributed by atoms with Crippen molar-refractivity contribution in [3.05, 3.63) is 46.8 Å². The molecule has 0 aliphatic carbocycles. The number of rotatable bonds is 5. The predicted molar refractivity (Wildman–Crippen MR) is 116 cm³/mol. The van der Waals surface area contributed by atoms with Crippen LogP contribution in [0.2, 0.25) is 0 Å². The van der Waals surface area contributed by atoms with Crippen LogP contribution in [-0.2, 0) is 14.6 Å². The highest BCUT2D eigenvalue weighted by Gasteiger charge is 2.34. The summed E-state index contributed by atoms with van der Waals surface area (Å²) < 4.78 is 31.4. The molecule has 1 fully saturated rings. The Kier molecular flexibility index (Phi) is 6.63. The lowest BCUT2D eigenvalue weighted by atomic mass is 10.1. The lowest BCUT2D eigenvalue weighted by Crippen LogP contribution is -2.44. The van der Waals surface area contributed by atoms with Gasteiger partial charge in [-0.05, 0) is 57.9 Å². The van der Waals surface area contributed by atoms with Crippen molar-refractivity contribution in [2.24, 2.45) is 0 Å². The average Bonchev–Trinajstić information content (AvgIpc) is 2.73. The maximum atomic E-state index is 13.0. The SMILES string of the molecule is CC(C)(C)OC(=O)N1CCC(S(=O)(=O)c2ccc(Nc3ncc([N+](=O)[O-])cn3)cc2)CC1. The molecule has 0 radical (unpaired) electrons. The summed E-state index contributed by atoms with van der Waals surface area (Å²) in [4.78, 5) is 31.7. The maximum Gasteiger partial charge on any atom is 0.410 e. The number of nitrogens with zero attached hydrogens (tertiary/aromatic N) is 4. The molecule has 0 unspecified atom stereocenters. The summed E-state index contributed by atoms with van der Waals surface area (Å²) in [6, 6.07) is 6.13. The van der Waals surface area contributed by atoms with Crippen molar-refractivity contribution in [2.75, 3.05) is 18.4 Å². The van der Waals surface area contributed by atoms with Crippen molar-refractivity contribution in [3.8, 4) is 0 Å². The van der Waals surface area contributed by atoms with Gasteiger partial charge in [-0.1, -0.05) is 0 Å². The number of hydrogen-bond acceptors (Lipinski definition) is 9. The van der Waals surface area contributed by atoms with Gasteiger partial charge >= 0.3 is 11.8 Å². The molecular formula is C20H25N5O6S. The zero-order valence-corrected chi connectivity index (χ0v) is 18.8. The quantitative estimate of drug-likeness (QED) is 0.521. The van der Waals surface area contributed by atoms with Gasteiger partial charge in [-0.2, -0.15) is 0 Å². The second kappa shape index (κ2) is 9.07. The molecule has 1 aromatic carbocycles. The standard InChI is InChI=1S/C20H25N5O6S/c1-20(2,3)31-19(26)24-10-8-17(9-11-24)32(29,30)16-6-4-14(5-7-16)23-18-21-12-15(13-22-18)25(27)28/h4-7,12-13,17H,8-11H2,1-3H3,(H,21,22,23). The summed E-state index contributed by atoms with van der Waals surface area (Å²) in [6.07, 6.45) is 2.39. The minimum atomic E-state index is -3.56. The molecule has 2 heterocycles. The molecule has 11 nitrogen and oxygen atoms in total. The van der Waals surface area contributed by atoms with Crippen LogP contribution in [0, 0.1) is 10.1 Å². The zero-order chi connectivity index (χ0) is 23.5. The lowest BCUT2D eigenvalue weighted by molar-refractivity contribution is -0.385. The Labute approximate surface area is 185 Å². The number of aromatic nitrogens is 2. The molecule has 0 spiro atoms. The van der Waals surface area contributed by atoms with Crippen LogP contribution in [0.15, 0.2) is 41.6 Å². The summed E-state index contributed by atoms with van der Waals surface area (Å²) in [6.45, 7) is 5.99. The van der Waals surface area contributed by atoms with E-state index >= 15 is 0 Å². The molecule has 1 aromatic heterocycles. The second-order valence-corrected chi connectivity index (χ2v) is 10.6. The number of benzene rings is 1. The fraction of sp³-hybridized carbons (Fsp3) is 0.450. The Balaban J connectivity index is 1.61. The molecule has 1 amide bonds. The van der Waals surface area contributed by atoms with Gasteiger partial charge in [0.15, 0.2) is 9.84 Å². The number of likely N-dealkylation sites (tertiary alicyclic amines) is 1. The number of nitrogens with one attached hydrogen (secondary N) is 1. The predicted octanol–water partition coefficient (Wildman–Crippen LogP) is 3.30. The molecule has 1 saturated heterocycles. The second-order valence-electron chi connectivity index (χ2n) is 8.38. The van der Waals surface area contributed by atoms with Gasteiger partial charge in [0.25, 0.3) is 0 Å². The van der Waals surface area contributed by atoms with Crippen molar-refractivity contribution in [2.45, 2.75) is 49.4 Å². The molecular weight excluding hydrogens is 438 g/mol. The zero-order valence-electron chi connectivity index (χ0n) is 18.0. The third kappa shape index (κ3) is 5.69. The van der Waals surface area contributed by atoms with Crippen molar-refractivity contribution in [1.29, 1.82) is 0 Å². The highest BCUT2D eigenvalue weighted by atomic mass is 32.2. The third-order valence-electron chi connectivity index (χ3n) is 4.82. The van der Waals surface area contributed by atoms with Crippen molar-refractivity contribution in [1.82, 2.24) is 14.9 Å². The van der Waals surface area contributed by atoms with Gasteiger partial charge in [0, 0.05) is 18.8 Å². The van der Waals surface area contributed by atoms with Gasteiger partial charge in [0.1, 0.15) is 18.0 Å². The van der Waals surface area contributed by atoms with Crippen molar-refractivity contribution in [3.63, 3.8) is 0 Å². The summed E-state index contributed by atoms with van der Waals surface area (Å²) in [5.74, 6) is 0.153. The highest BCUT2D eigenvalue weighted by molar-refractivity contribution is 7.92. The molecule has 0 atom stereocenters. The molecule has 172 valence electrons. The number of sulfone groups is 1. The first kappa shape index (κ1) is 23.4. The first-order chi connectivity index (χ1) is 15.0. The molecule has 3 rings (SSSR count). The number of piperidine rings is 1. The molecule has 2 aromatic rings. The van der Waals surface area contributed by atoms with Crippen LogP contribution in [0.1, 0.15) is 33.6 Å². The van der Waals surface area contributed by atoms with Crippen LogP contribution >= 0.6 is 0 Å². The lowest BCUT2D eigenvalue weighted by Gasteiger charge is -2.33. The van der Waals surface area contributed by atoms with Crippen LogP contribution < -0.4 is 5.32 Å². The summed E-state index contributed by atoms with van der Waals surface area (Å²) in [5, 5.41) is 12.9. The fourth-order valence-electron chi connectivity index (χ4n) is 3.20. The number of ether oxygens (including phenoxy) is 1. The monoisotopic (exact) mass is 463 g/mol. The van der Waals surface area contributed by atoms with Crippen molar-refractivity contribution < 1.29 is 22.9 Å². The fourth-order valence-corrected chi connectivity index (χ4v) is 4.94. The molecule has 0 bridgehead atoms. The van der Waals surface area contributed by atoms with Crippen molar-refractivity contribution >= 4 is 33.3 Å². The highest BCUT2D eigenvalue weighted by Crippen LogP contribution is 2.27. The van der Waals surface area contributed by atoms with E-state index in [9.17, 15) is 23.3 Å². The van der Waals surface area contributed by atoms with Crippen LogP contribution in [0.4, 0.5) is 22.1 Å². The van der Waals surface area contributed by atoms with E-state index in [-0.39, 0.29) is 16.5 Å². The largest absolute Gasteiger partial charge is 0.444 e. The third-order valence-corrected chi connectivity index (χ3v) is 7.10. The number of carbonyl (C=O) groups excluding carboxylic acids is 1. The number of anilines is 2. The van der Waals surface area contributed by atoms with Crippen LogP contribution in [-0.4, -0.2) is 58.2 Å². The van der Waals surface area contributed by atoms with E-state index in [1.807, 2.05) is 0 Å². The van der Waals surface area contributed by atoms with E-state index in [0.717, 1.165) is 12.4 Å². The molecule has 1 aliphatic heterocycles. The number of carbonyl (C=O) groups is 1. The maximum absolute atomic E-state index is 13.0. The van der Waals surface area contributed by atoms with Gasteiger partial charge in [0.2, 0.25) is 5.95 Å². The Hall–Kier alpha value is -3.28. The van der Waals surface area contributed by atoms with Gasteiger partial charge in [-0.25, -0.2) is 23.2 Å². The van der Waals surface area contributed by atoms with E-state index in [1.54, 1.807) is 32.9 Å². The van der Waals surface area contributed by atoms with E-state index in [4.69, 9.17) is 4.74 Å². The topological polar surface area (TPSA) is 145 Å². The minimum Gasteiger partial charge on any atom is -0.444 e. The Morgan fingerprint density at radius 2 is 1.72 bits per heavy atom. The van der Waals surface area contributed by atoms with Gasteiger partial charge in [0.05, 0.1) is 15.1 Å². The van der Waals surface area contributed by atoms with Crippen LogP contribution in [0.5, 0.6) is 0 Å².